The van der Waals surface area contributed by atoms with Crippen molar-refractivity contribution in [1.29, 1.82) is 0 Å². The number of anilines is 1. The second-order valence-corrected chi connectivity index (χ2v) is 9.34. The molecule has 41 heavy (non-hydrogen) atoms. The van der Waals surface area contributed by atoms with Gasteiger partial charge in [0.15, 0.2) is 11.6 Å². The van der Waals surface area contributed by atoms with Crippen LogP contribution in [0.25, 0.3) is 56.0 Å². The molecule has 0 unspecified atom stereocenters. The predicted octanol–water partition coefficient (Wildman–Crippen LogP) is 5.34. The highest BCUT2D eigenvalue weighted by Gasteiger charge is 2.21. The largest absolute Gasteiger partial charge is 0.336 e. The van der Waals surface area contributed by atoms with E-state index in [4.69, 9.17) is 4.98 Å². The first-order chi connectivity index (χ1) is 20.1. The number of imidazole rings is 1. The third-order valence-corrected chi connectivity index (χ3v) is 6.61. The second-order valence-electron chi connectivity index (χ2n) is 9.34. The number of carbonyl (C=O) groups excluding carboxylic acids is 1. The van der Waals surface area contributed by atoms with Crippen LogP contribution < -0.4 is 5.32 Å². The number of hydrogen-bond donors (Lipinski definition) is 3. The minimum atomic E-state index is -0.591. The van der Waals surface area contributed by atoms with Crippen molar-refractivity contribution >= 4 is 33.5 Å². The van der Waals surface area contributed by atoms with Crippen molar-refractivity contribution in [3.63, 3.8) is 0 Å². The summed E-state index contributed by atoms with van der Waals surface area (Å²) in [6.45, 7) is 0. The Morgan fingerprint density at radius 3 is 2.56 bits per heavy atom. The van der Waals surface area contributed by atoms with Gasteiger partial charge in [0.1, 0.15) is 16.9 Å². The van der Waals surface area contributed by atoms with Gasteiger partial charge in [-0.05, 0) is 29.8 Å². The molecule has 7 rings (SSSR count). The van der Waals surface area contributed by atoms with Crippen molar-refractivity contribution in [3.8, 4) is 34.0 Å². The molecular formula is C30H20FN9O. The lowest BCUT2D eigenvalue weighted by Gasteiger charge is -2.08. The van der Waals surface area contributed by atoms with E-state index in [2.05, 4.69) is 40.4 Å². The standard InChI is InChI=1S/C30H20FN9O/c31-25-24-22(16-35-26(25)19-12-20(15-33-14-19)36-23(41)11-17-5-2-1-3-6-17)39-40-29(24)30-37-21-8-10-34-27(28(21)38-30)18-7-4-9-32-13-18/h1-10,12-16H,11H2,(H,36,41)(H,37,38)(H,39,40). The van der Waals surface area contributed by atoms with Crippen LogP contribution in [0.4, 0.5) is 10.1 Å². The zero-order chi connectivity index (χ0) is 27.8. The summed E-state index contributed by atoms with van der Waals surface area (Å²) in [5.74, 6) is -0.423. The summed E-state index contributed by atoms with van der Waals surface area (Å²) < 4.78 is 16.1. The van der Waals surface area contributed by atoms with Crippen molar-refractivity contribution in [1.82, 2.24) is 40.1 Å². The zero-order valence-electron chi connectivity index (χ0n) is 21.3. The quantitative estimate of drug-likeness (QED) is 0.258. The first-order valence-corrected chi connectivity index (χ1v) is 12.7. The van der Waals surface area contributed by atoms with Crippen molar-refractivity contribution in [2.45, 2.75) is 6.42 Å². The van der Waals surface area contributed by atoms with Crippen LogP contribution in [0, 0.1) is 5.82 Å². The van der Waals surface area contributed by atoms with Crippen LogP contribution in [0.15, 0.2) is 91.8 Å². The van der Waals surface area contributed by atoms with Crippen molar-refractivity contribution in [2.75, 3.05) is 5.32 Å². The van der Waals surface area contributed by atoms with Gasteiger partial charge in [0.05, 0.1) is 46.6 Å². The number of nitrogens with zero attached hydrogens (tertiary/aromatic N) is 6. The molecule has 0 aliphatic rings. The molecule has 0 saturated carbocycles. The molecule has 0 fully saturated rings. The third-order valence-electron chi connectivity index (χ3n) is 6.61. The van der Waals surface area contributed by atoms with E-state index in [1.807, 2.05) is 42.5 Å². The molecule has 7 aromatic rings. The van der Waals surface area contributed by atoms with E-state index in [9.17, 15) is 4.79 Å². The van der Waals surface area contributed by atoms with E-state index in [1.165, 1.54) is 18.6 Å². The summed E-state index contributed by atoms with van der Waals surface area (Å²) >= 11 is 0. The van der Waals surface area contributed by atoms with Crippen LogP contribution in [0.3, 0.4) is 0 Å². The van der Waals surface area contributed by atoms with Gasteiger partial charge in [0.2, 0.25) is 5.91 Å². The highest BCUT2D eigenvalue weighted by atomic mass is 19.1. The molecular weight excluding hydrogens is 521 g/mol. The van der Waals surface area contributed by atoms with Gasteiger partial charge in [-0.3, -0.25) is 29.8 Å². The zero-order valence-corrected chi connectivity index (χ0v) is 21.3. The van der Waals surface area contributed by atoms with Crippen LogP contribution >= 0.6 is 0 Å². The molecule has 11 heteroatoms. The first-order valence-electron chi connectivity index (χ1n) is 12.7. The number of nitrogens with one attached hydrogen (secondary N) is 3. The Bertz CT molecular complexity index is 2040. The van der Waals surface area contributed by atoms with Crippen LogP contribution in [0.5, 0.6) is 0 Å². The van der Waals surface area contributed by atoms with E-state index in [0.29, 0.717) is 39.5 Å². The van der Waals surface area contributed by atoms with E-state index < -0.39 is 5.82 Å². The lowest BCUT2D eigenvalue weighted by atomic mass is 10.1. The van der Waals surface area contributed by atoms with Crippen LogP contribution in [-0.2, 0) is 11.2 Å². The number of hydrogen-bond acceptors (Lipinski definition) is 7. The number of benzene rings is 1. The molecule has 3 N–H and O–H groups in total. The van der Waals surface area contributed by atoms with Crippen molar-refractivity contribution < 1.29 is 9.18 Å². The fourth-order valence-electron chi connectivity index (χ4n) is 4.73. The smallest absolute Gasteiger partial charge is 0.228 e. The maximum Gasteiger partial charge on any atom is 0.228 e. The third kappa shape index (κ3) is 4.55. The number of aromatic nitrogens is 8. The number of halogens is 1. The summed E-state index contributed by atoms with van der Waals surface area (Å²) in [6.07, 6.45) is 9.80. The Morgan fingerprint density at radius 2 is 1.71 bits per heavy atom. The molecule has 1 amide bonds. The van der Waals surface area contributed by atoms with E-state index in [0.717, 1.165) is 16.6 Å². The van der Waals surface area contributed by atoms with Crippen molar-refractivity contribution in [2.24, 2.45) is 0 Å². The van der Waals surface area contributed by atoms with E-state index in [1.54, 1.807) is 30.7 Å². The average Bonchev–Trinajstić information content (AvgIpc) is 3.63. The molecule has 6 heterocycles. The maximum absolute atomic E-state index is 16.1. The monoisotopic (exact) mass is 541 g/mol. The lowest BCUT2D eigenvalue weighted by Crippen LogP contribution is -2.14. The molecule has 0 saturated heterocycles. The summed E-state index contributed by atoms with van der Waals surface area (Å²) in [6, 6.07) is 16.6. The molecule has 0 atom stereocenters. The molecule has 0 bridgehead atoms. The van der Waals surface area contributed by atoms with E-state index >= 15 is 4.39 Å². The number of aromatic amines is 2. The van der Waals surface area contributed by atoms with Crippen LogP contribution in [0.2, 0.25) is 0 Å². The topological polar surface area (TPSA) is 138 Å². The normalized spacial score (nSPS) is 11.2. The van der Waals surface area contributed by atoms with Gasteiger partial charge in [-0.15, -0.1) is 0 Å². The Hall–Kier alpha value is -5.84. The Balaban J connectivity index is 1.24. The van der Waals surface area contributed by atoms with Crippen LogP contribution in [-0.4, -0.2) is 46.0 Å². The van der Waals surface area contributed by atoms with Gasteiger partial charge in [0.25, 0.3) is 0 Å². The van der Waals surface area contributed by atoms with Gasteiger partial charge in [0, 0.05) is 35.9 Å². The highest BCUT2D eigenvalue weighted by Crippen LogP contribution is 2.34. The molecule has 0 aliphatic carbocycles. The van der Waals surface area contributed by atoms with Crippen LogP contribution in [0.1, 0.15) is 5.56 Å². The number of fused-ring (bicyclic) bond motifs is 2. The minimum Gasteiger partial charge on any atom is -0.336 e. The fourth-order valence-corrected chi connectivity index (χ4v) is 4.73. The molecule has 1 aromatic carbocycles. The minimum absolute atomic E-state index is 0.0700. The summed E-state index contributed by atoms with van der Waals surface area (Å²) in [5, 5.41) is 10.3. The van der Waals surface area contributed by atoms with Crippen molar-refractivity contribution in [3.05, 3.63) is 103 Å². The SMILES string of the molecule is O=C(Cc1ccccc1)Nc1cncc(-c2ncc3[nH]nc(-c4nc5c(-c6cccnc6)nccc5[nH]4)c3c2F)c1. The van der Waals surface area contributed by atoms with Gasteiger partial charge >= 0.3 is 0 Å². The maximum atomic E-state index is 16.1. The van der Waals surface area contributed by atoms with Gasteiger partial charge in [-0.2, -0.15) is 5.10 Å². The summed E-state index contributed by atoms with van der Waals surface area (Å²) in [4.78, 5) is 37.7. The lowest BCUT2D eigenvalue weighted by molar-refractivity contribution is -0.115. The molecule has 10 nitrogen and oxygen atoms in total. The molecule has 0 spiro atoms. The Labute approximate surface area is 231 Å². The van der Waals surface area contributed by atoms with E-state index in [-0.39, 0.29) is 23.4 Å². The Morgan fingerprint density at radius 1 is 0.829 bits per heavy atom. The molecule has 0 radical (unpaired) electrons. The number of pyridine rings is 4. The fraction of sp³-hybridized carbons (Fsp3) is 0.0333. The molecule has 6 aromatic heterocycles. The van der Waals surface area contributed by atoms with Gasteiger partial charge < -0.3 is 10.3 Å². The number of H-pyrrole nitrogens is 2. The number of carbonyl (C=O) groups is 1. The number of amides is 1. The molecule has 0 aliphatic heterocycles. The highest BCUT2D eigenvalue weighted by molar-refractivity contribution is 5.97. The molecule has 198 valence electrons. The van der Waals surface area contributed by atoms with Gasteiger partial charge in [-0.25, -0.2) is 9.37 Å². The summed E-state index contributed by atoms with van der Waals surface area (Å²) in [7, 11) is 0. The number of rotatable bonds is 6. The Kier molecular flexibility index (Phi) is 5.93. The predicted molar refractivity (Wildman–Crippen MR) is 152 cm³/mol. The van der Waals surface area contributed by atoms with Gasteiger partial charge in [-0.1, -0.05) is 30.3 Å². The summed E-state index contributed by atoms with van der Waals surface area (Å²) in [5.41, 5.74) is 5.30. The second kappa shape index (κ2) is 10.0. The first kappa shape index (κ1) is 24.2. The average molecular weight is 542 g/mol.